The lowest BCUT2D eigenvalue weighted by atomic mass is 10.1. The summed E-state index contributed by atoms with van der Waals surface area (Å²) < 4.78 is 17.8. The molecule has 0 aliphatic carbocycles. The molecule has 1 unspecified atom stereocenters. The van der Waals surface area contributed by atoms with Crippen molar-refractivity contribution in [1.82, 2.24) is 0 Å². The number of carbonyl (C=O) groups is 1. The average molecular weight is 262 g/mol. The Kier molecular flexibility index (Phi) is 3.60. The third-order valence-corrected chi connectivity index (χ3v) is 2.40. The highest BCUT2D eigenvalue weighted by Gasteiger charge is 2.17. The summed E-state index contributed by atoms with van der Waals surface area (Å²) in [5.74, 6) is -1.05. The second-order valence-electron chi connectivity index (χ2n) is 2.67. The predicted molar refractivity (Wildman–Crippen MR) is 53.0 cm³/mol. The van der Waals surface area contributed by atoms with Crippen LogP contribution < -0.4 is 5.73 Å². The van der Waals surface area contributed by atoms with Gasteiger partial charge in [-0.1, -0.05) is 6.07 Å². The van der Waals surface area contributed by atoms with Gasteiger partial charge >= 0.3 is 5.97 Å². The topological polar surface area (TPSA) is 52.3 Å². The average Bonchev–Trinajstić information content (AvgIpc) is 2.20. The van der Waals surface area contributed by atoms with Crippen molar-refractivity contribution in [2.24, 2.45) is 5.73 Å². The van der Waals surface area contributed by atoms with Crippen molar-refractivity contribution in [3.8, 4) is 0 Å². The first kappa shape index (κ1) is 11.1. The zero-order valence-corrected chi connectivity index (χ0v) is 9.05. The second kappa shape index (κ2) is 4.52. The molecule has 5 heteroatoms. The number of esters is 1. The van der Waals surface area contributed by atoms with Crippen molar-refractivity contribution in [3.63, 3.8) is 0 Å². The van der Waals surface area contributed by atoms with Gasteiger partial charge in [0.25, 0.3) is 0 Å². The van der Waals surface area contributed by atoms with Crippen molar-refractivity contribution in [2.75, 3.05) is 7.11 Å². The van der Waals surface area contributed by atoms with E-state index < -0.39 is 17.8 Å². The van der Waals surface area contributed by atoms with Gasteiger partial charge < -0.3 is 10.5 Å². The molecule has 1 aromatic carbocycles. The van der Waals surface area contributed by atoms with Gasteiger partial charge in [-0.3, -0.25) is 4.79 Å². The van der Waals surface area contributed by atoms with Gasteiger partial charge in [0.2, 0.25) is 0 Å². The molecule has 14 heavy (non-hydrogen) atoms. The summed E-state index contributed by atoms with van der Waals surface area (Å²) in [6.07, 6.45) is 0. The molecule has 2 N–H and O–H groups in total. The summed E-state index contributed by atoms with van der Waals surface area (Å²) in [7, 11) is 1.23. The Labute approximate surface area is 89.2 Å². The molecule has 1 aromatic rings. The number of benzene rings is 1. The minimum absolute atomic E-state index is 0.332. The summed E-state index contributed by atoms with van der Waals surface area (Å²) in [5.41, 5.74) is 5.90. The van der Waals surface area contributed by atoms with Crippen LogP contribution in [0.3, 0.4) is 0 Å². The summed E-state index contributed by atoms with van der Waals surface area (Å²) in [4.78, 5) is 11.0. The number of hydrogen-bond acceptors (Lipinski definition) is 3. The zero-order chi connectivity index (χ0) is 10.7. The molecule has 0 bridgehead atoms. The molecule has 0 saturated carbocycles. The Morgan fingerprint density at radius 1 is 1.64 bits per heavy atom. The van der Waals surface area contributed by atoms with E-state index in [0.29, 0.717) is 10.0 Å². The van der Waals surface area contributed by atoms with E-state index in [1.54, 1.807) is 6.07 Å². The SMILES string of the molecule is COC(=O)C(N)c1ccc(Br)c(F)c1. The van der Waals surface area contributed by atoms with Crippen LogP contribution in [0.1, 0.15) is 11.6 Å². The Balaban J connectivity index is 2.96. The molecule has 3 nitrogen and oxygen atoms in total. The highest BCUT2D eigenvalue weighted by molar-refractivity contribution is 9.10. The van der Waals surface area contributed by atoms with Crippen LogP contribution in [0.15, 0.2) is 22.7 Å². The predicted octanol–water partition coefficient (Wildman–Crippen LogP) is 1.76. The van der Waals surface area contributed by atoms with Gasteiger partial charge in [0.05, 0.1) is 11.6 Å². The number of rotatable bonds is 2. The van der Waals surface area contributed by atoms with E-state index in [9.17, 15) is 9.18 Å². The number of nitrogens with two attached hydrogens (primary N) is 1. The number of ether oxygens (including phenoxy) is 1. The van der Waals surface area contributed by atoms with Crippen LogP contribution in [-0.2, 0) is 9.53 Å². The molecule has 0 aromatic heterocycles. The van der Waals surface area contributed by atoms with Crippen LogP contribution >= 0.6 is 15.9 Å². The van der Waals surface area contributed by atoms with Gasteiger partial charge in [0.15, 0.2) is 0 Å². The first-order valence-corrected chi connectivity index (χ1v) is 4.64. The lowest BCUT2D eigenvalue weighted by Crippen LogP contribution is -2.22. The van der Waals surface area contributed by atoms with Crippen LogP contribution in [0.5, 0.6) is 0 Å². The van der Waals surface area contributed by atoms with Gasteiger partial charge in [0.1, 0.15) is 11.9 Å². The maximum atomic E-state index is 13.1. The van der Waals surface area contributed by atoms with Crippen molar-refractivity contribution >= 4 is 21.9 Å². The Hall–Kier alpha value is -0.940. The normalized spacial score (nSPS) is 12.3. The molecule has 76 valence electrons. The van der Waals surface area contributed by atoms with Crippen molar-refractivity contribution in [2.45, 2.75) is 6.04 Å². The summed E-state index contributed by atoms with van der Waals surface area (Å²) in [6.45, 7) is 0. The maximum absolute atomic E-state index is 13.1. The molecule has 0 fully saturated rings. The van der Waals surface area contributed by atoms with Crippen LogP contribution in [0, 0.1) is 5.82 Å². The third kappa shape index (κ3) is 2.30. The van der Waals surface area contributed by atoms with E-state index in [4.69, 9.17) is 5.73 Å². The fourth-order valence-corrected chi connectivity index (χ4v) is 1.22. The Bertz CT molecular complexity index is 357. The Morgan fingerprint density at radius 3 is 2.79 bits per heavy atom. The van der Waals surface area contributed by atoms with Gasteiger partial charge in [-0.05, 0) is 33.6 Å². The monoisotopic (exact) mass is 261 g/mol. The van der Waals surface area contributed by atoms with E-state index >= 15 is 0 Å². The van der Waals surface area contributed by atoms with Crippen LogP contribution in [0.4, 0.5) is 4.39 Å². The molecule has 1 atom stereocenters. The zero-order valence-electron chi connectivity index (χ0n) is 7.46. The first-order chi connectivity index (χ1) is 6.56. The fraction of sp³-hybridized carbons (Fsp3) is 0.222. The highest BCUT2D eigenvalue weighted by Crippen LogP contribution is 2.20. The molecule has 0 amide bonds. The molecule has 0 aliphatic rings. The standard InChI is InChI=1S/C9H9BrFNO2/c1-14-9(13)8(12)5-2-3-6(10)7(11)4-5/h2-4,8H,12H2,1H3. The minimum Gasteiger partial charge on any atom is -0.468 e. The highest BCUT2D eigenvalue weighted by atomic mass is 79.9. The van der Waals surface area contributed by atoms with Crippen molar-refractivity contribution < 1.29 is 13.9 Å². The van der Waals surface area contributed by atoms with E-state index in [0.717, 1.165) is 0 Å². The Morgan fingerprint density at radius 2 is 2.29 bits per heavy atom. The van der Waals surface area contributed by atoms with Crippen LogP contribution in [-0.4, -0.2) is 13.1 Å². The molecule has 0 heterocycles. The van der Waals surface area contributed by atoms with E-state index in [2.05, 4.69) is 20.7 Å². The second-order valence-corrected chi connectivity index (χ2v) is 3.53. The quantitative estimate of drug-likeness (QED) is 0.826. The molecular weight excluding hydrogens is 253 g/mol. The minimum atomic E-state index is -0.942. The largest absolute Gasteiger partial charge is 0.468 e. The van der Waals surface area contributed by atoms with Gasteiger partial charge in [0, 0.05) is 0 Å². The fourth-order valence-electron chi connectivity index (χ4n) is 0.969. The molecule has 0 aliphatic heterocycles. The first-order valence-electron chi connectivity index (χ1n) is 3.84. The molecular formula is C9H9BrFNO2. The van der Waals surface area contributed by atoms with E-state index in [-0.39, 0.29) is 0 Å². The van der Waals surface area contributed by atoms with Gasteiger partial charge in [-0.2, -0.15) is 0 Å². The van der Waals surface area contributed by atoms with Crippen molar-refractivity contribution in [1.29, 1.82) is 0 Å². The van der Waals surface area contributed by atoms with Crippen LogP contribution in [0.25, 0.3) is 0 Å². The number of methoxy groups -OCH3 is 1. The summed E-state index contributed by atoms with van der Waals surface area (Å²) >= 11 is 3.00. The lowest BCUT2D eigenvalue weighted by Gasteiger charge is -2.09. The molecule has 1 rings (SSSR count). The van der Waals surface area contributed by atoms with Gasteiger partial charge in [-0.25, -0.2) is 4.39 Å². The third-order valence-electron chi connectivity index (χ3n) is 1.76. The van der Waals surface area contributed by atoms with Crippen molar-refractivity contribution in [3.05, 3.63) is 34.1 Å². The summed E-state index contributed by atoms with van der Waals surface area (Å²) in [6, 6.07) is 3.32. The smallest absolute Gasteiger partial charge is 0.327 e. The number of hydrogen-bond donors (Lipinski definition) is 1. The van der Waals surface area contributed by atoms with Crippen LogP contribution in [0.2, 0.25) is 0 Å². The molecule has 0 saturated heterocycles. The lowest BCUT2D eigenvalue weighted by molar-refractivity contribution is -0.142. The number of halogens is 2. The van der Waals surface area contributed by atoms with Gasteiger partial charge in [-0.15, -0.1) is 0 Å². The summed E-state index contributed by atoms with van der Waals surface area (Å²) in [5, 5.41) is 0. The van der Waals surface area contributed by atoms with E-state index in [1.165, 1.54) is 19.2 Å². The van der Waals surface area contributed by atoms with E-state index in [1.807, 2.05) is 0 Å². The number of carbonyl (C=O) groups excluding carboxylic acids is 1. The molecule has 0 spiro atoms. The maximum Gasteiger partial charge on any atom is 0.327 e. The molecule has 0 radical (unpaired) electrons.